The number of nitrogen functional groups attached to an aromatic ring is 1. The molecule has 3 aromatic rings. The Hall–Kier alpha value is -3.49. The lowest BCUT2D eigenvalue weighted by Gasteiger charge is -2.06. The lowest BCUT2D eigenvalue weighted by molar-refractivity contribution is -0.111. The molecule has 0 atom stereocenters. The number of para-hydroxylation sites is 2. The standard InChI is InChI=1S/C22H16Cl2F2N4O2/c1-32-13-10-15(24)22(17(26)11-13)30-29-21-14(23)8-12(9-16(21)25)6-7-20(31)28-19-5-3-2-4-18(19)27/h2-11H,27H2,1H3,(H,28,31)/b7-6+,30-29?. The van der Waals surface area contributed by atoms with Gasteiger partial charge in [0.05, 0.1) is 28.5 Å². The number of hydrogen-bond acceptors (Lipinski definition) is 5. The number of benzene rings is 3. The zero-order valence-corrected chi connectivity index (χ0v) is 18.1. The molecule has 0 unspecified atom stereocenters. The molecule has 0 aliphatic carbocycles. The Labute approximate surface area is 192 Å². The number of methoxy groups -OCH3 is 1. The molecule has 3 N–H and O–H groups in total. The number of hydrogen-bond donors (Lipinski definition) is 2. The number of nitrogens with one attached hydrogen (secondary N) is 1. The van der Waals surface area contributed by atoms with Crippen LogP contribution >= 0.6 is 23.2 Å². The summed E-state index contributed by atoms with van der Waals surface area (Å²) in [6.07, 6.45) is 2.57. The number of azo groups is 1. The number of rotatable bonds is 6. The largest absolute Gasteiger partial charge is 0.497 e. The number of nitrogens with zero attached hydrogens (tertiary/aromatic N) is 2. The van der Waals surface area contributed by atoms with Crippen molar-refractivity contribution >= 4 is 57.9 Å². The lowest BCUT2D eigenvalue weighted by Crippen LogP contribution is -2.09. The molecule has 6 nitrogen and oxygen atoms in total. The fourth-order valence-corrected chi connectivity index (χ4v) is 3.08. The van der Waals surface area contributed by atoms with Crippen molar-refractivity contribution in [2.45, 2.75) is 0 Å². The summed E-state index contributed by atoms with van der Waals surface area (Å²) in [5.74, 6) is -1.88. The maximum absolute atomic E-state index is 14.5. The van der Waals surface area contributed by atoms with E-state index in [1.54, 1.807) is 24.3 Å². The van der Waals surface area contributed by atoms with Gasteiger partial charge in [0.1, 0.15) is 17.1 Å². The smallest absolute Gasteiger partial charge is 0.248 e. The topological polar surface area (TPSA) is 89.1 Å². The van der Waals surface area contributed by atoms with Crippen LogP contribution in [0.15, 0.2) is 64.8 Å². The third-order valence-electron chi connectivity index (χ3n) is 4.16. The Kier molecular flexibility index (Phi) is 7.40. The SMILES string of the molecule is COc1cc(F)c(N=Nc2c(F)cc(/C=C/C(=O)Nc3ccccc3N)cc2Cl)c(Cl)c1. The van der Waals surface area contributed by atoms with Gasteiger partial charge in [-0.05, 0) is 35.9 Å². The Morgan fingerprint density at radius 1 is 1.03 bits per heavy atom. The number of nitrogens with two attached hydrogens (primary N) is 1. The normalized spacial score (nSPS) is 11.3. The van der Waals surface area contributed by atoms with Gasteiger partial charge >= 0.3 is 0 Å². The Morgan fingerprint density at radius 3 is 2.25 bits per heavy atom. The molecule has 0 saturated carbocycles. The van der Waals surface area contributed by atoms with Crippen LogP contribution in [0.3, 0.4) is 0 Å². The van der Waals surface area contributed by atoms with Gasteiger partial charge < -0.3 is 15.8 Å². The van der Waals surface area contributed by atoms with Crippen LogP contribution < -0.4 is 15.8 Å². The molecule has 0 spiro atoms. The van der Waals surface area contributed by atoms with Gasteiger partial charge in [-0.2, -0.15) is 0 Å². The van der Waals surface area contributed by atoms with Crippen LogP contribution in [0.1, 0.15) is 5.56 Å². The Morgan fingerprint density at radius 2 is 1.66 bits per heavy atom. The predicted octanol–water partition coefficient (Wildman–Crippen LogP) is 6.93. The fraction of sp³-hybridized carbons (Fsp3) is 0.0455. The minimum Gasteiger partial charge on any atom is -0.497 e. The highest BCUT2D eigenvalue weighted by molar-refractivity contribution is 6.33. The second kappa shape index (κ2) is 10.2. The van der Waals surface area contributed by atoms with Crippen LogP contribution in [0, 0.1) is 11.6 Å². The summed E-state index contributed by atoms with van der Waals surface area (Å²) < 4.78 is 33.6. The summed E-state index contributed by atoms with van der Waals surface area (Å²) in [5, 5.41) is 9.82. The van der Waals surface area contributed by atoms with Crippen molar-refractivity contribution in [1.82, 2.24) is 0 Å². The Balaban J connectivity index is 1.78. The molecule has 164 valence electrons. The van der Waals surface area contributed by atoms with Gasteiger partial charge in [-0.25, -0.2) is 8.78 Å². The summed E-state index contributed by atoms with van der Waals surface area (Å²) in [6.45, 7) is 0. The van der Waals surface area contributed by atoms with Crippen molar-refractivity contribution in [3.8, 4) is 5.75 Å². The number of halogens is 4. The quantitative estimate of drug-likeness (QED) is 0.229. The van der Waals surface area contributed by atoms with Crippen molar-refractivity contribution in [1.29, 1.82) is 0 Å². The van der Waals surface area contributed by atoms with E-state index in [0.29, 0.717) is 16.9 Å². The number of anilines is 2. The molecule has 0 fully saturated rings. The Bertz CT molecular complexity index is 1190. The molecule has 0 aromatic heterocycles. The highest BCUT2D eigenvalue weighted by Crippen LogP contribution is 2.36. The molecular weight excluding hydrogens is 461 g/mol. The molecular formula is C22H16Cl2F2N4O2. The van der Waals surface area contributed by atoms with Crippen molar-refractivity contribution in [2.75, 3.05) is 18.2 Å². The molecule has 0 heterocycles. The van der Waals surface area contributed by atoms with E-state index in [2.05, 4.69) is 15.5 Å². The number of ether oxygens (including phenoxy) is 1. The summed E-state index contributed by atoms with van der Waals surface area (Å²) in [6, 6.07) is 11.7. The first kappa shape index (κ1) is 23.2. The molecule has 0 aliphatic rings. The molecule has 3 aromatic carbocycles. The van der Waals surface area contributed by atoms with E-state index < -0.39 is 17.5 Å². The number of carbonyl (C=O) groups is 1. The third kappa shape index (κ3) is 5.60. The van der Waals surface area contributed by atoms with Gasteiger partial charge in [-0.1, -0.05) is 35.3 Å². The first-order valence-corrected chi connectivity index (χ1v) is 9.81. The van der Waals surface area contributed by atoms with Gasteiger partial charge in [0.25, 0.3) is 0 Å². The van der Waals surface area contributed by atoms with Crippen LogP contribution in [0.2, 0.25) is 10.0 Å². The molecule has 1 amide bonds. The first-order valence-electron chi connectivity index (χ1n) is 9.06. The average molecular weight is 477 g/mol. The zero-order valence-electron chi connectivity index (χ0n) is 16.6. The van der Waals surface area contributed by atoms with Crippen LogP contribution in [0.25, 0.3) is 6.08 Å². The zero-order chi connectivity index (χ0) is 23.3. The summed E-state index contributed by atoms with van der Waals surface area (Å²) in [7, 11) is 1.36. The van der Waals surface area contributed by atoms with E-state index >= 15 is 0 Å². The van der Waals surface area contributed by atoms with Crippen molar-refractivity contribution in [3.05, 3.63) is 81.9 Å². The average Bonchev–Trinajstić information content (AvgIpc) is 2.74. The predicted molar refractivity (Wildman–Crippen MR) is 122 cm³/mol. The summed E-state index contributed by atoms with van der Waals surface area (Å²) in [5.41, 5.74) is 6.34. The lowest BCUT2D eigenvalue weighted by atomic mass is 10.2. The maximum atomic E-state index is 14.5. The molecule has 32 heavy (non-hydrogen) atoms. The van der Waals surface area contributed by atoms with Crippen molar-refractivity contribution in [2.24, 2.45) is 10.2 Å². The van der Waals surface area contributed by atoms with Gasteiger partial charge in [0.2, 0.25) is 5.91 Å². The molecule has 0 aliphatic heterocycles. The molecule has 3 rings (SSSR count). The second-order valence-electron chi connectivity index (χ2n) is 6.38. The molecule has 10 heteroatoms. The van der Waals surface area contributed by atoms with Gasteiger partial charge in [-0.3, -0.25) is 4.79 Å². The van der Waals surface area contributed by atoms with Crippen molar-refractivity contribution in [3.63, 3.8) is 0 Å². The molecule has 0 radical (unpaired) electrons. The van der Waals surface area contributed by atoms with Gasteiger partial charge in [0.15, 0.2) is 11.6 Å². The highest BCUT2D eigenvalue weighted by atomic mass is 35.5. The molecule has 0 bridgehead atoms. The minimum atomic E-state index is -0.821. The van der Waals surface area contributed by atoms with E-state index in [9.17, 15) is 13.6 Å². The number of amides is 1. The van der Waals surface area contributed by atoms with E-state index in [-0.39, 0.29) is 27.2 Å². The van der Waals surface area contributed by atoms with Crippen LogP contribution in [0.5, 0.6) is 5.75 Å². The first-order chi connectivity index (χ1) is 15.3. The van der Waals surface area contributed by atoms with Gasteiger partial charge in [0, 0.05) is 18.2 Å². The highest BCUT2D eigenvalue weighted by Gasteiger charge is 2.13. The summed E-state index contributed by atoms with van der Waals surface area (Å²) >= 11 is 12.1. The monoisotopic (exact) mass is 476 g/mol. The van der Waals surface area contributed by atoms with Gasteiger partial charge in [-0.15, -0.1) is 10.2 Å². The van der Waals surface area contributed by atoms with Crippen LogP contribution in [0.4, 0.5) is 31.5 Å². The van der Waals surface area contributed by atoms with E-state index in [0.717, 1.165) is 12.1 Å². The third-order valence-corrected chi connectivity index (χ3v) is 4.74. The van der Waals surface area contributed by atoms with E-state index in [1.807, 2.05) is 0 Å². The van der Waals surface area contributed by atoms with E-state index in [1.165, 1.54) is 31.4 Å². The molecule has 0 saturated heterocycles. The van der Waals surface area contributed by atoms with Crippen LogP contribution in [-0.2, 0) is 4.79 Å². The van der Waals surface area contributed by atoms with E-state index in [4.69, 9.17) is 33.7 Å². The summed E-state index contributed by atoms with van der Waals surface area (Å²) in [4.78, 5) is 12.1. The maximum Gasteiger partial charge on any atom is 0.248 e. The minimum absolute atomic E-state index is 0.0632. The fourth-order valence-electron chi connectivity index (χ4n) is 2.59. The second-order valence-corrected chi connectivity index (χ2v) is 7.20. The van der Waals surface area contributed by atoms with Crippen LogP contribution in [-0.4, -0.2) is 13.0 Å². The number of carbonyl (C=O) groups excluding carboxylic acids is 1. The van der Waals surface area contributed by atoms with Crippen molar-refractivity contribution < 1.29 is 18.3 Å².